The summed E-state index contributed by atoms with van der Waals surface area (Å²) in [7, 11) is 1.28. The molecule has 3 aromatic rings. The number of amides is 3. The molecule has 2 heterocycles. The fourth-order valence-electron chi connectivity index (χ4n) is 5.87. The lowest BCUT2D eigenvalue weighted by Gasteiger charge is -2.34. The number of hydrogen-bond donors (Lipinski definition) is 1. The molecule has 5 rings (SSSR count). The van der Waals surface area contributed by atoms with Crippen LogP contribution in [0.3, 0.4) is 0 Å². The van der Waals surface area contributed by atoms with Crippen molar-refractivity contribution < 1.29 is 33.4 Å². The van der Waals surface area contributed by atoms with E-state index in [2.05, 4.69) is 5.32 Å². The number of fused-ring (bicyclic) bond motifs is 1. The standard InChI is InChI=1S/C37H40N4O7/c1-23-20-29-30(21-28(23)36(46)47-6)41(24(2)42)35(45)32(29)33(25-10-8-7-9-11-25)38-27-14-12-26(13-15-27)34(44)40-18-16-39(17-19-40)22-31(43)48-37(3,4)5/h7-15,20-21,38H,16-19,22H2,1-6H3/b33-32+. The minimum Gasteiger partial charge on any atom is -0.465 e. The van der Waals surface area contributed by atoms with E-state index in [1.807, 2.05) is 56.0 Å². The van der Waals surface area contributed by atoms with Crippen molar-refractivity contribution in [1.82, 2.24) is 9.80 Å². The zero-order valence-electron chi connectivity index (χ0n) is 28.1. The summed E-state index contributed by atoms with van der Waals surface area (Å²) in [6, 6.07) is 19.5. The normalized spacial score (nSPS) is 15.9. The largest absolute Gasteiger partial charge is 0.465 e. The molecule has 0 saturated carbocycles. The molecule has 2 aliphatic heterocycles. The van der Waals surface area contributed by atoms with Gasteiger partial charge >= 0.3 is 11.9 Å². The molecule has 0 radical (unpaired) electrons. The molecule has 3 aromatic carbocycles. The van der Waals surface area contributed by atoms with E-state index in [1.165, 1.54) is 20.1 Å². The summed E-state index contributed by atoms with van der Waals surface area (Å²) in [5.41, 5.74) is 3.69. The van der Waals surface area contributed by atoms with Gasteiger partial charge in [-0.2, -0.15) is 0 Å². The number of carbonyl (C=O) groups is 5. The van der Waals surface area contributed by atoms with Crippen molar-refractivity contribution in [2.24, 2.45) is 0 Å². The van der Waals surface area contributed by atoms with Crippen LogP contribution in [-0.2, 0) is 23.9 Å². The summed E-state index contributed by atoms with van der Waals surface area (Å²) < 4.78 is 10.3. The Hall–Kier alpha value is -5.29. The minimum atomic E-state index is -0.567. The van der Waals surface area contributed by atoms with Crippen LogP contribution >= 0.6 is 0 Å². The van der Waals surface area contributed by atoms with Gasteiger partial charge in [-0.3, -0.25) is 24.1 Å². The Balaban J connectivity index is 1.40. The molecule has 1 fully saturated rings. The predicted octanol–water partition coefficient (Wildman–Crippen LogP) is 4.75. The van der Waals surface area contributed by atoms with E-state index in [1.54, 1.807) is 42.2 Å². The highest BCUT2D eigenvalue weighted by molar-refractivity contribution is 6.44. The maximum Gasteiger partial charge on any atom is 0.338 e. The second kappa shape index (κ2) is 13.8. The first-order valence-electron chi connectivity index (χ1n) is 15.8. The van der Waals surface area contributed by atoms with Crippen molar-refractivity contribution >= 4 is 52.3 Å². The Morgan fingerprint density at radius 3 is 2.10 bits per heavy atom. The van der Waals surface area contributed by atoms with Crippen LogP contribution in [0.15, 0.2) is 66.7 Å². The summed E-state index contributed by atoms with van der Waals surface area (Å²) in [5, 5.41) is 3.38. The Morgan fingerprint density at radius 2 is 1.52 bits per heavy atom. The van der Waals surface area contributed by atoms with Gasteiger partial charge in [-0.1, -0.05) is 30.3 Å². The average Bonchev–Trinajstić information content (AvgIpc) is 3.33. The number of nitrogens with one attached hydrogen (secondary N) is 1. The van der Waals surface area contributed by atoms with Gasteiger partial charge in [0.25, 0.3) is 11.8 Å². The Bertz CT molecular complexity index is 1780. The fraction of sp³-hybridized carbons (Fsp3) is 0.324. The van der Waals surface area contributed by atoms with E-state index < -0.39 is 23.4 Å². The fourth-order valence-corrected chi connectivity index (χ4v) is 5.87. The highest BCUT2D eigenvalue weighted by Gasteiger charge is 2.39. The second-order valence-electron chi connectivity index (χ2n) is 12.8. The van der Waals surface area contributed by atoms with E-state index in [4.69, 9.17) is 9.47 Å². The Kier molecular flexibility index (Phi) is 9.81. The van der Waals surface area contributed by atoms with Gasteiger partial charge in [0, 0.05) is 49.9 Å². The van der Waals surface area contributed by atoms with Gasteiger partial charge in [0.2, 0.25) is 5.91 Å². The molecule has 1 N–H and O–H groups in total. The van der Waals surface area contributed by atoms with Crippen LogP contribution in [0.1, 0.15) is 65.1 Å². The molecule has 1 saturated heterocycles. The van der Waals surface area contributed by atoms with Gasteiger partial charge in [-0.25, -0.2) is 9.69 Å². The summed E-state index contributed by atoms with van der Waals surface area (Å²) in [5.74, 6) is -1.98. The molecular formula is C37H40N4O7. The van der Waals surface area contributed by atoms with Gasteiger partial charge in [0.05, 0.1) is 36.2 Å². The van der Waals surface area contributed by atoms with E-state index in [0.29, 0.717) is 65.5 Å². The molecule has 2 aliphatic rings. The van der Waals surface area contributed by atoms with Gasteiger partial charge in [-0.05, 0) is 75.2 Å². The molecule has 250 valence electrons. The van der Waals surface area contributed by atoms with Crippen LogP contribution in [0.4, 0.5) is 11.4 Å². The van der Waals surface area contributed by atoms with Crippen molar-refractivity contribution in [1.29, 1.82) is 0 Å². The smallest absolute Gasteiger partial charge is 0.338 e. The summed E-state index contributed by atoms with van der Waals surface area (Å²) >= 11 is 0. The highest BCUT2D eigenvalue weighted by atomic mass is 16.6. The monoisotopic (exact) mass is 652 g/mol. The van der Waals surface area contributed by atoms with Crippen molar-refractivity contribution in [3.63, 3.8) is 0 Å². The maximum absolute atomic E-state index is 13.9. The van der Waals surface area contributed by atoms with Crippen LogP contribution in [0.2, 0.25) is 0 Å². The van der Waals surface area contributed by atoms with E-state index in [-0.39, 0.29) is 29.6 Å². The first-order valence-corrected chi connectivity index (χ1v) is 15.8. The molecule has 0 bridgehead atoms. The minimum absolute atomic E-state index is 0.117. The molecular weight excluding hydrogens is 612 g/mol. The lowest BCUT2D eigenvalue weighted by Crippen LogP contribution is -2.50. The molecule has 0 aliphatic carbocycles. The summed E-state index contributed by atoms with van der Waals surface area (Å²) in [6.07, 6.45) is 0. The molecule has 0 unspecified atom stereocenters. The number of ether oxygens (including phenoxy) is 2. The molecule has 11 heteroatoms. The average molecular weight is 653 g/mol. The van der Waals surface area contributed by atoms with E-state index in [0.717, 1.165) is 4.90 Å². The van der Waals surface area contributed by atoms with Crippen LogP contribution in [-0.4, -0.2) is 84.9 Å². The van der Waals surface area contributed by atoms with Gasteiger partial charge in [0.15, 0.2) is 0 Å². The third-order valence-corrected chi connectivity index (χ3v) is 8.14. The molecule has 3 amide bonds. The third kappa shape index (κ3) is 7.31. The van der Waals surface area contributed by atoms with Crippen LogP contribution in [0.25, 0.3) is 11.3 Å². The van der Waals surface area contributed by atoms with Gasteiger partial charge in [-0.15, -0.1) is 0 Å². The number of nitrogens with zero attached hydrogens (tertiary/aromatic N) is 3. The number of methoxy groups -OCH3 is 1. The SMILES string of the molecule is COC(=O)c1cc2c(cc1C)/C(=C(\Nc1ccc(C(=O)N3CCN(CC(=O)OC(C)(C)C)CC3)cc1)c1ccccc1)C(=O)N2C(C)=O. The lowest BCUT2D eigenvalue weighted by atomic mass is 9.96. The predicted molar refractivity (Wildman–Crippen MR) is 182 cm³/mol. The first kappa shape index (κ1) is 34.1. The van der Waals surface area contributed by atoms with Gasteiger partial charge < -0.3 is 19.7 Å². The number of aryl methyl sites for hydroxylation is 1. The number of anilines is 2. The van der Waals surface area contributed by atoms with Crippen molar-refractivity contribution in [3.05, 3.63) is 94.5 Å². The van der Waals surface area contributed by atoms with Crippen LogP contribution in [0, 0.1) is 6.92 Å². The highest BCUT2D eigenvalue weighted by Crippen LogP contribution is 2.43. The van der Waals surface area contributed by atoms with Crippen LogP contribution < -0.4 is 10.2 Å². The number of hydrogen-bond acceptors (Lipinski definition) is 9. The zero-order valence-corrected chi connectivity index (χ0v) is 28.1. The quantitative estimate of drug-likeness (QED) is 0.284. The number of piperazine rings is 1. The molecule has 0 spiro atoms. The van der Waals surface area contributed by atoms with Crippen LogP contribution in [0.5, 0.6) is 0 Å². The second-order valence-corrected chi connectivity index (χ2v) is 12.8. The topological polar surface area (TPSA) is 126 Å². The van der Waals surface area contributed by atoms with Crippen molar-refractivity contribution in [2.75, 3.05) is 50.1 Å². The summed E-state index contributed by atoms with van der Waals surface area (Å²) in [4.78, 5) is 69.6. The molecule has 48 heavy (non-hydrogen) atoms. The number of carbonyl (C=O) groups excluding carboxylic acids is 5. The Labute approximate surface area is 280 Å². The number of esters is 2. The van der Waals surface area contributed by atoms with Crippen molar-refractivity contribution in [3.8, 4) is 0 Å². The molecule has 0 atom stereocenters. The lowest BCUT2D eigenvalue weighted by molar-refractivity contribution is -0.156. The third-order valence-electron chi connectivity index (χ3n) is 8.14. The van der Waals surface area contributed by atoms with E-state index in [9.17, 15) is 24.0 Å². The maximum atomic E-state index is 13.9. The zero-order chi connectivity index (χ0) is 34.7. The number of benzene rings is 3. The van der Waals surface area contributed by atoms with Gasteiger partial charge in [0.1, 0.15) is 5.60 Å². The number of rotatable bonds is 7. The Morgan fingerprint density at radius 1 is 0.875 bits per heavy atom. The molecule has 0 aromatic heterocycles. The first-order chi connectivity index (χ1) is 22.8. The van der Waals surface area contributed by atoms with Crippen molar-refractivity contribution in [2.45, 2.75) is 40.2 Å². The molecule has 11 nitrogen and oxygen atoms in total. The number of imide groups is 1. The van der Waals surface area contributed by atoms with E-state index >= 15 is 0 Å². The summed E-state index contributed by atoms with van der Waals surface area (Å²) in [6.45, 7) is 10.8.